The van der Waals surface area contributed by atoms with Crippen molar-refractivity contribution in [2.24, 2.45) is 0 Å². The van der Waals surface area contributed by atoms with Gasteiger partial charge in [-0.25, -0.2) is 9.80 Å². The van der Waals surface area contributed by atoms with Crippen LogP contribution in [0.4, 0.5) is 5.69 Å². The van der Waals surface area contributed by atoms with Crippen LogP contribution in [0.2, 0.25) is 0 Å². The van der Waals surface area contributed by atoms with Crippen LogP contribution in [-0.4, -0.2) is 38.1 Å². The Morgan fingerprint density at radius 3 is 2.50 bits per heavy atom. The van der Waals surface area contributed by atoms with E-state index in [0.717, 1.165) is 0 Å². The summed E-state index contributed by atoms with van der Waals surface area (Å²) in [6.45, 7) is 1.57. The molecule has 1 fully saturated rings. The summed E-state index contributed by atoms with van der Waals surface area (Å²) < 4.78 is 16.4. The number of carbonyl (C=O) groups is 3. The molecule has 3 rings (SSSR count). The monoisotopic (exact) mass is 522 g/mol. The van der Waals surface area contributed by atoms with E-state index in [-0.39, 0.29) is 5.57 Å². The van der Waals surface area contributed by atoms with Gasteiger partial charge < -0.3 is 14.2 Å². The first-order chi connectivity index (χ1) is 14.3. The minimum absolute atomic E-state index is 0.00620. The van der Waals surface area contributed by atoms with Gasteiger partial charge in [-0.1, -0.05) is 18.2 Å². The molecule has 0 radical (unpaired) electrons. The number of amides is 2. The molecule has 156 valence electrons. The van der Waals surface area contributed by atoms with E-state index in [9.17, 15) is 14.4 Å². The van der Waals surface area contributed by atoms with Gasteiger partial charge in [0.15, 0.2) is 17.6 Å². The zero-order chi connectivity index (χ0) is 21.8. The Balaban J connectivity index is 1.92. The summed E-state index contributed by atoms with van der Waals surface area (Å²) in [4.78, 5) is 36.8. The molecule has 1 N–H and O–H groups in total. The fraction of sp³-hybridized carbons (Fsp3) is 0.190. The van der Waals surface area contributed by atoms with E-state index in [4.69, 9.17) is 9.47 Å². The van der Waals surface area contributed by atoms with Crippen LogP contribution in [0.15, 0.2) is 48.0 Å². The van der Waals surface area contributed by atoms with E-state index in [1.54, 1.807) is 43.3 Å². The molecular weight excluding hydrogens is 503 g/mol. The lowest BCUT2D eigenvalue weighted by Crippen LogP contribution is -2.35. The first-order valence-corrected chi connectivity index (χ1v) is 9.97. The first kappa shape index (κ1) is 21.6. The SMILES string of the molecule is COC(=O)[C@H](C)Oc1c(I)cc(/C=C2/C(=O)NN(c3ccccc3)C2=O)cc1OC. The van der Waals surface area contributed by atoms with Crippen molar-refractivity contribution in [3.8, 4) is 11.5 Å². The van der Waals surface area contributed by atoms with Crippen molar-refractivity contribution in [2.45, 2.75) is 13.0 Å². The van der Waals surface area contributed by atoms with Gasteiger partial charge in [-0.15, -0.1) is 0 Å². The maximum absolute atomic E-state index is 12.7. The normalized spacial score (nSPS) is 15.7. The number of methoxy groups -OCH3 is 2. The average molecular weight is 522 g/mol. The first-order valence-electron chi connectivity index (χ1n) is 8.90. The topological polar surface area (TPSA) is 94.2 Å². The average Bonchev–Trinajstić information content (AvgIpc) is 3.03. The quantitative estimate of drug-likeness (QED) is 0.272. The summed E-state index contributed by atoms with van der Waals surface area (Å²) in [5.41, 5.74) is 3.69. The molecule has 8 nitrogen and oxygen atoms in total. The molecule has 30 heavy (non-hydrogen) atoms. The Kier molecular flexibility index (Phi) is 6.60. The van der Waals surface area contributed by atoms with Crippen LogP contribution in [0.3, 0.4) is 0 Å². The second-order valence-corrected chi connectivity index (χ2v) is 7.45. The second-order valence-electron chi connectivity index (χ2n) is 6.29. The van der Waals surface area contributed by atoms with Gasteiger partial charge in [-0.3, -0.25) is 15.0 Å². The Hall–Kier alpha value is -3.08. The highest BCUT2D eigenvalue weighted by Crippen LogP contribution is 2.36. The predicted molar refractivity (Wildman–Crippen MR) is 118 cm³/mol. The molecule has 0 unspecified atom stereocenters. The largest absolute Gasteiger partial charge is 0.493 e. The van der Waals surface area contributed by atoms with Crippen molar-refractivity contribution < 1.29 is 28.6 Å². The number of halogens is 1. The van der Waals surface area contributed by atoms with Crippen molar-refractivity contribution in [1.29, 1.82) is 0 Å². The molecule has 0 aliphatic carbocycles. The van der Waals surface area contributed by atoms with Gasteiger partial charge in [0.2, 0.25) is 0 Å². The number of hydrogen-bond acceptors (Lipinski definition) is 6. The summed E-state index contributed by atoms with van der Waals surface area (Å²) in [6, 6.07) is 12.2. The molecular formula is C21H19IN2O6. The van der Waals surface area contributed by atoms with Gasteiger partial charge in [0.1, 0.15) is 5.57 Å². The van der Waals surface area contributed by atoms with Gasteiger partial charge in [-0.05, 0) is 65.4 Å². The smallest absolute Gasteiger partial charge is 0.346 e. The standard InChI is InChI=1S/C21H19IN2O6/c1-12(21(27)29-3)30-18-16(22)10-13(11-17(18)28-2)9-15-19(25)23-24(20(15)26)14-7-5-4-6-8-14/h4-12H,1-3H3,(H,23,25)/b15-9-/t12-/m0/s1. The highest BCUT2D eigenvalue weighted by atomic mass is 127. The molecule has 1 aliphatic rings. The summed E-state index contributed by atoms with van der Waals surface area (Å²) >= 11 is 2.03. The molecule has 0 aromatic heterocycles. The van der Waals surface area contributed by atoms with Crippen molar-refractivity contribution >= 4 is 52.1 Å². The van der Waals surface area contributed by atoms with E-state index in [2.05, 4.69) is 10.2 Å². The molecule has 1 atom stereocenters. The molecule has 2 aromatic carbocycles. The van der Waals surface area contributed by atoms with Crippen LogP contribution in [0, 0.1) is 3.57 Å². The molecule has 0 spiro atoms. The number of hydrazine groups is 1. The Morgan fingerprint density at radius 2 is 1.87 bits per heavy atom. The van der Waals surface area contributed by atoms with Crippen molar-refractivity contribution in [1.82, 2.24) is 5.43 Å². The van der Waals surface area contributed by atoms with E-state index in [1.807, 2.05) is 28.7 Å². The van der Waals surface area contributed by atoms with Crippen LogP contribution in [0.1, 0.15) is 12.5 Å². The number of anilines is 1. The molecule has 1 heterocycles. The maximum Gasteiger partial charge on any atom is 0.346 e. The number of rotatable bonds is 6. The van der Waals surface area contributed by atoms with Gasteiger partial charge in [0, 0.05) is 0 Å². The van der Waals surface area contributed by atoms with Gasteiger partial charge in [0.05, 0.1) is 23.5 Å². The zero-order valence-corrected chi connectivity index (χ0v) is 18.6. The lowest BCUT2D eigenvalue weighted by molar-refractivity contribution is -0.148. The minimum Gasteiger partial charge on any atom is -0.493 e. The van der Waals surface area contributed by atoms with Crippen molar-refractivity contribution in [3.63, 3.8) is 0 Å². The third-order valence-corrected chi connectivity index (χ3v) is 5.10. The number of carbonyl (C=O) groups excluding carboxylic acids is 3. The fourth-order valence-corrected chi connectivity index (χ4v) is 3.56. The Morgan fingerprint density at radius 1 is 1.17 bits per heavy atom. The van der Waals surface area contributed by atoms with E-state index >= 15 is 0 Å². The lowest BCUT2D eigenvalue weighted by atomic mass is 10.1. The zero-order valence-electron chi connectivity index (χ0n) is 16.5. The summed E-state index contributed by atoms with van der Waals surface area (Å²) in [6.07, 6.45) is 0.655. The molecule has 0 saturated carbocycles. The van der Waals surface area contributed by atoms with E-state index < -0.39 is 23.9 Å². The summed E-state index contributed by atoms with van der Waals surface area (Å²) in [7, 11) is 2.74. The fourth-order valence-electron chi connectivity index (χ4n) is 2.81. The van der Waals surface area contributed by atoms with Crippen molar-refractivity contribution in [3.05, 3.63) is 57.2 Å². The summed E-state index contributed by atoms with van der Waals surface area (Å²) in [5.74, 6) is -0.757. The number of ether oxygens (including phenoxy) is 3. The maximum atomic E-state index is 12.7. The van der Waals surface area contributed by atoms with Crippen LogP contribution >= 0.6 is 22.6 Å². The molecule has 1 saturated heterocycles. The Bertz CT molecular complexity index is 1020. The van der Waals surface area contributed by atoms with Gasteiger partial charge in [0.25, 0.3) is 11.8 Å². The predicted octanol–water partition coefficient (Wildman–Crippen LogP) is 2.70. The molecule has 9 heteroatoms. The van der Waals surface area contributed by atoms with Crippen LogP contribution in [-0.2, 0) is 19.1 Å². The highest BCUT2D eigenvalue weighted by Gasteiger charge is 2.34. The Labute approximate surface area is 186 Å². The molecule has 2 amide bonds. The second kappa shape index (κ2) is 9.16. The van der Waals surface area contributed by atoms with Gasteiger partial charge >= 0.3 is 5.97 Å². The highest BCUT2D eigenvalue weighted by molar-refractivity contribution is 14.1. The minimum atomic E-state index is -0.830. The third kappa shape index (κ3) is 4.40. The molecule has 0 bridgehead atoms. The third-order valence-electron chi connectivity index (χ3n) is 4.30. The summed E-state index contributed by atoms with van der Waals surface area (Å²) in [5, 5.41) is 1.20. The van der Waals surface area contributed by atoms with Gasteiger partial charge in [-0.2, -0.15) is 0 Å². The van der Waals surface area contributed by atoms with Crippen molar-refractivity contribution in [2.75, 3.05) is 19.2 Å². The van der Waals surface area contributed by atoms with Crippen LogP contribution in [0.5, 0.6) is 11.5 Å². The number of benzene rings is 2. The number of esters is 1. The van der Waals surface area contributed by atoms with E-state index in [0.29, 0.717) is 26.3 Å². The number of nitrogens with one attached hydrogen (secondary N) is 1. The molecule has 1 aliphatic heterocycles. The van der Waals surface area contributed by atoms with Crippen LogP contribution < -0.4 is 19.9 Å². The number of hydrogen-bond donors (Lipinski definition) is 1. The van der Waals surface area contributed by atoms with E-state index in [1.165, 1.54) is 25.3 Å². The molecule has 2 aromatic rings. The lowest BCUT2D eigenvalue weighted by Gasteiger charge is -2.17. The van der Waals surface area contributed by atoms with Crippen LogP contribution in [0.25, 0.3) is 6.08 Å². The number of para-hydroxylation sites is 1. The number of nitrogens with zero attached hydrogens (tertiary/aromatic N) is 1.